The average Bonchev–Trinajstić information content (AvgIpc) is 2.22. The molecule has 5 nitrogen and oxygen atoms in total. The van der Waals surface area contributed by atoms with Crippen molar-refractivity contribution >= 4 is 11.9 Å². The molecule has 0 aromatic carbocycles. The van der Waals surface area contributed by atoms with Crippen molar-refractivity contribution in [3.63, 3.8) is 0 Å². The van der Waals surface area contributed by atoms with Crippen LogP contribution in [0.1, 0.15) is 13.8 Å². The van der Waals surface area contributed by atoms with Gasteiger partial charge in [-0.15, -0.1) is 0 Å². The second-order valence-electron chi connectivity index (χ2n) is 3.63. The predicted octanol–water partition coefficient (Wildman–Crippen LogP) is 0.778. The molecule has 0 saturated heterocycles. The fraction of sp³-hybridized carbons (Fsp3) is 0.455. The maximum Gasteiger partial charge on any atom is 0.336 e. The molecule has 1 heterocycles. The average molecular weight is 225 g/mol. The van der Waals surface area contributed by atoms with E-state index in [0.717, 1.165) is 0 Å². The number of carboxylic acids is 1. The van der Waals surface area contributed by atoms with E-state index in [1.165, 1.54) is 17.9 Å². The van der Waals surface area contributed by atoms with E-state index in [2.05, 4.69) is 0 Å². The van der Waals surface area contributed by atoms with Crippen molar-refractivity contribution in [1.29, 1.82) is 0 Å². The zero-order chi connectivity index (χ0) is 12.3. The number of likely N-dealkylation sites (N-methyl/N-ethyl adjacent to an activating group) is 1. The molecule has 88 valence electrons. The van der Waals surface area contributed by atoms with Gasteiger partial charge in [-0.25, -0.2) is 9.59 Å². The van der Waals surface area contributed by atoms with Gasteiger partial charge >= 0.3 is 11.9 Å². The smallest absolute Gasteiger partial charge is 0.336 e. The van der Waals surface area contributed by atoms with Crippen molar-refractivity contribution in [1.82, 2.24) is 4.90 Å². The molecule has 1 aliphatic heterocycles. The molecule has 0 bridgehead atoms. The minimum Gasteiger partial charge on any atom is -0.478 e. The minimum atomic E-state index is -1.27. The largest absolute Gasteiger partial charge is 0.478 e. The normalized spacial score (nSPS) is 23.9. The highest BCUT2D eigenvalue weighted by Gasteiger charge is 2.45. The van der Waals surface area contributed by atoms with E-state index in [1.807, 2.05) is 0 Å². The first-order valence-electron chi connectivity index (χ1n) is 4.97. The third kappa shape index (κ3) is 1.80. The molecular formula is C11H15NO4. The number of allylic oxidation sites excluding steroid dienone is 2. The highest BCUT2D eigenvalue weighted by molar-refractivity contribution is 6.00. The summed E-state index contributed by atoms with van der Waals surface area (Å²) >= 11 is 0. The number of aliphatic carboxylic acids is 1. The van der Waals surface area contributed by atoms with Gasteiger partial charge in [-0.1, -0.05) is 0 Å². The molecule has 16 heavy (non-hydrogen) atoms. The van der Waals surface area contributed by atoms with Gasteiger partial charge in [-0.2, -0.15) is 0 Å². The Bertz CT molecular complexity index is 372. The Morgan fingerprint density at radius 3 is 2.69 bits per heavy atom. The topological polar surface area (TPSA) is 66.8 Å². The molecule has 0 saturated carbocycles. The summed E-state index contributed by atoms with van der Waals surface area (Å²) in [5.41, 5.74) is -1.26. The fourth-order valence-electron chi connectivity index (χ4n) is 1.57. The third-order valence-corrected chi connectivity index (χ3v) is 2.71. The van der Waals surface area contributed by atoms with E-state index in [9.17, 15) is 9.59 Å². The van der Waals surface area contributed by atoms with Crippen molar-refractivity contribution in [2.45, 2.75) is 19.4 Å². The molecule has 1 atom stereocenters. The van der Waals surface area contributed by atoms with Crippen LogP contribution in [0, 0.1) is 0 Å². The summed E-state index contributed by atoms with van der Waals surface area (Å²) in [6.45, 7) is 3.44. The number of hydrogen-bond donors (Lipinski definition) is 1. The minimum absolute atomic E-state index is 0.0101. The molecular weight excluding hydrogens is 210 g/mol. The number of rotatable bonds is 3. The van der Waals surface area contributed by atoms with Crippen molar-refractivity contribution in [2.24, 2.45) is 0 Å². The quantitative estimate of drug-likeness (QED) is 0.719. The van der Waals surface area contributed by atoms with Gasteiger partial charge in [-0.05, 0) is 26.0 Å². The lowest BCUT2D eigenvalue weighted by molar-refractivity contribution is -0.154. The van der Waals surface area contributed by atoms with Crippen molar-refractivity contribution in [2.75, 3.05) is 13.7 Å². The predicted molar refractivity (Wildman–Crippen MR) is 57.7 cm³/mol. The van der Waals surface area contributed by atoms with Crippen LogP contribution in [0.3, 0.4) is 0 Å². The molecule has 0 amide bonds. The fourth-order valence-corrected chi connectivity index (χ4v) is 1.57. The number of hydrogen-bond acceptors (Lipinski definition) is 4. The van der Waals surface area contributed by atoms with Crippen LogP contribution in [0.25, 0.3) is 0 Å². The summed E-state index contributed by atoms with van der Waals surface area (Å²) in [4.78, 5) is 24.5. The molecule has 1 unspecified atom stereocenters. The molecule has 1 rings (SSSR count). The number of carboxylic acid groups (broad SMARTS) is 1. The third-order valence-electron chi connectivity index (χ3n) is 2.71. The van der Waals surface area contributed by atoms with E-state index >= 15 is 0 Å². The van der Waals surface area contributed by atoms with Gasteiger partial charge in [0.15, 0.2) is 5.54 Å². The maximum atomic E-state index is 11.8. The van der Waals surface area contributed by atoms with Crippen LogP contribution in [0.5, 0.6) is 0 Å². The standard InChI is InChI=1S/C11H15NO4/c1-4-16-10(15)11(2)8(9(13)14)6-5-7-12(11)3/h5-7H,4H2,1-3H3,(H,13,14). The molecule has 0 spiro atoms. The van der Waals surface area contributed by atoms with Crippen molar-refractivity contribution in [3.05, 3.63) is 23.9 Å². The van der Waals surface area contributed by atoms with E-state index in [0.29, 0.717) is 0 Å². The van der Waals surface area contributed by atoms with Gasteiger partial charge in [0.25, 0.3) is 0 Å². The molecule has 5 heteroatoms. The lowest BCUT2D eigenvalue weighted by atomic mass is 9.88. The van der Waals surface area contributed by atoms with Crippen LogP contribution in [-0.4, -0.2) is 41.1 Å². The Morgan fingerprint density at radius 1 is 1.56 bits per heavy atom. The van der Waals surface area contributed by atoms with E-state index in [4.69, 9.17) is 9.84 Å². The van der Waals surface area contributed by atoms with Gasteiger partial charge in [0, 0.05) is 13.2 Å². The highest BCUT2D eigenvalue weighted by atomic mass is 16.5. The molecule has 0 radical (unpaired) electrons. The number of carbonyl (C=O) groups excluding carboxylic acids is 1. The number of esters is 1. The Labute approximate surface area is 94.0 Å². The van der Waals surface area contributed by atoms with E-state index in [1.54, 1.807) is 26.2 Å². The maximum absolute atomic E-state index is 11.8. The van der Waals surface area contributed by atoms with E-state index < -0.39 is 17.5 Å². The number of carbonyl (C=O) groups is 2. The number of nitrogens with zero attached hydrogens (tertiary/aromatic N) is 1. The zero-order valence-corrected chi connectivity index (χ0v) is 9.56. The summed E-state index contributed by atoms with van der Waals surface area (Å²) in [5, 5.41) is 9.07. The Hall–Kier alpha value is -1.78. The molecule has 0 fully saturated rings. The van der Waals surface area contributed by atoms with Crippen LogP contribution in [-0.2, 0) is 14.3 Å². The lowest BCUT2D eigenvalue weighted by Gasteiger charge is -2.37. The summed E-state index contributed by atoms with van der Waals surface area (Å²) in [5.74, 6) is -1.68. The summed E-state index contributed by atoms with van der Waals surface area (Å²) in [7, 11) is 1.64. The first kappa shape index (κ1) is 12.3. The van der Waals surface area contributed by atoms with Crippen molar-refractivity contribution in [3.8, 4) is 0 Å². The van der Waals surface area contributed by atoms with Gasteiger partial charge in [-0.3, -0.25) is 0 Å². The van der Waals surface area contributed by atoms with Gasteiger partial charge < -0.3 is 14.7 Å². The van der Waals surface area contributed by atoms with Gasteiger partial charge in [0.1, 0.15) is 0 Å². The molecule has 0 aliphatic carbocycles. The first-order chi connectivity index (χ1) is 7.44. The summed E-state index contributed by atoms with van der Waals surface area (Å²) in [6, 6.07) is 0. The van der Waals surface area contributed by atoms with Gasteiger partial charge in [0.2, 0.25) is 0 Å². The van der Waals surface area contributed by atoms with Crippen LogP contribution in [0.4, 0.5) is 0 Å². The Balaban J connectivity index is 3.15. The van der Waals surface area contributed by atoms with Crippen LogP contribution in [0.2, 0.25) is 0 Å². The molecule has 0 aromatic heterocycles. The Kier molecular flexibility index (Phi) is 3.37. The zero-order valence-electron chi connectivity index (χ0n) is 9.56. The van der Waals surface area contributed by atoms with Crippen LogP contribution < -0.4 is 0 Å². The van der Waals surface area contributed by atoms with Crippen LogP contribution >= 0.6 is 0 Å². The van der Waals surface area contributed by atoms with Crippen molar-refractivity contribution < 1.29 is 19.4 Å². The summed E-state index contributed by atoms with van der Waals surface area (Å²) in [6.07, 6.45) is 4.65. The summed E-state index contributed by atoms with van der Waals surface area (Å²) < 4.78 is 4.92. The second kappa shape index (κ2) is 4.38. The second-order valence-corrected chi connectivity index (χ2v) is 3.63. The van der Waals surface area contributed by atoms with Gasteiger partial charge in [0.05, 0.1) is 12.2 Å². The van der Waals surface area contributed by atoms with Crippen LogP contribution in [0.15, 0.2) is 23.9 Å². The molecule has 0 aromatic rings. The number of ether oxygens (including phenoxy) is 1. The first-order valence-corrected chi connectivity index (χ1v) is 4.97. The highest BCUT2D eigenvalue weighted by Crippen LogP contribution is 2.28. The molecule has 1 aliphatic rings. The Morgan fingerprint density at radius 2 is 2.19 bits per heavy atom. The van der Waals surface area contributed by atoms with E-state index in [-0.39, 0.29) is 12.2 Å². The SMILES string of the molecule is CCOC(=O)C1(C)C(C(=O)O)=CC=CN1C. The molecule has 1 N–H and O–H groups in total. The monoisotopic (exact) mass is 225 g/mol. The lowest BCUT2D eigenvalue weighted by Crippen LogP contribution is -2.53.